The van der Waals surface area contributed by atoms with Crippen molar-refractivity contribution in [3.63, 3.8) is 0 Å². The van der Waals surface area contributed by atoms with Crippen LogP contribution in [0.1, 0.15) is 15.9 Å². The summed E-state index contributed by atoms with van der Waals surface area (Å²) in [5.74, 6) is -1.53. The van der Waals surface area contributed by atoms with Gasteiger partial charge >= 0.3 is 11.7 Å². The van der Waals surface area contributed by atoms with Crippen molar-refractivity contribution in [3.05, 3.63) is 57.4 Å². The summed E-state index contributed by atoms with van der Waals surface area (Å²) in [4.78, 5) is 36.4. The molecular formula is C17H15N3O5S. The lowest BCUT2D eigenvalue weighted by Crippen LogP contribution is -2.26. The first kappa shape index (κ1) is 17.6. The Balaban J connectivity index is 1.76. The van der Waals surface area contributed by atoms with Crippen molar-refractivity contribution in [1.29, 1.82) is 0 Å². The van der Waals surface area contributed by atoms with Gasteiger partial charge in [-0.2, -0.15) is 4.68 Å². The second-order valence-electron chi connectivity index (χ2n) is 5.38. The number of carbonyl (C=O) groups is 2. The fourth-order valence-electron chi connectivity index (χ4n) is 2.23. The molecule has 0 spiro atoms. The summed E-state index contributed by atoms with van der Waals surface area (Å²) >= 11 is 1.38. The largest absolute Gasteiger partial charge is 0.465 e. The maximum atomic E-state index is 12.3. The van der Waals surface area contributed by atoms with Crippen LogP contribution in [0.25, 0.3) is 10.8 Å². The molecule has 0 saturated heterocycles. The van der Waals surface area contributed by atoms with Crippen LogP contribution in [0.4, 0.5) is 5.69 Å². The van der Waals surface area contributed by atoms with E-state index in [-0.39, 0.29) is 12.4 Å². The fraction of sp³-hybridized carbons (Fsp3) is 0.176. The number of esters is 1. The first-order chi connectivity index (χ1) is 12.5. The number of nitrogens with one attached hydrogen (secondary N) is 1. The van der Waals surface area contributed by atoms with Crippen LogP contribution in [0.5, 0.6) is 0 Å². The predicted molar refractivity (Wildman–Crippen MR) is 95.2 cm³/mol. The van der Waals surface area contributed by atoms with Gasteiger partial charge in [0.1, 0.15) is 6.54 Å². The first-order valence-electron chi connectivity index (χ1n) is 7.58. The van der Waals surface area contributed by atoms with Crippen molar-refractivity contribution in [2.45, 2.75) is 13.5 Å². The van der Waals surface area contributed by atoms with Gasteiger partial charge in [0.15, 0.2) is 0 Å². The molecule has 0 radical (unpaired) electrons. The molecule has 8 nitrogen and oxygen atoms in total. The van der Waals surface area contributed by atoms with Gasteiger partial charge in [0, 0.05) is 5.69 Å². The smallest absolute Gasteiger partial charge is 0.437 e. The van der Waals surface area contributed by atoms with Gasteiger partial charge in [-0.3, -0.25) is 4.79 Å². The number of nitrogens with zero attached hydrogens (tertiary/aromatic N) is 2. The lowest BCUT2D eigenvalue weighted by molar-refractivity contribution is -0.117. The van der Waals surface area contributed by atoms with Crippen LogP contribution in [0.15, 0.2) is 44.9 Å². The highest BCUT2D eigenvalue weighted by Gasteiger charge is 2.15. The molecule has 3 aromatic rings. The third kappa shape index (κ3) is 3.72. The minimum absolute atomic E-state index is 0.168. The number of rotatable bonds is 5. The number of methoxy groups -OCH3 is 1. The van der Waals surface area contributed by atoms with Gasteiger partial charge in [-0.25, -0.2) is 9.59 Å². The van der Waals surface area contributed by atoms with Crippen molar-refractivity contribution < 1.29 is 18.7 Å². The molecule has 3 rings (SSSR count). The highest BCUT2D eigenvalue weighted by atomic mass is 32.1. The Morgan fingerprint density at radius 3 is 2.85 bits per heavy atom. The van der Waals surface area contributed by atoms with Crippen molar-refractivity contribution >= 4 is 28.9 Å². The zero-order valence-corrected chi connectivity index (χ0v) is 14.8. The summed E-state index contributed by atoms with van der Waals surface area (Å²) in [5.41, 5.74) is 1.53. The number of hydrogen-bond donors (Lipinski definition) is 1. The van der Waals surface area contributed by atoms with E-state index in [0.717, 1.165) is 10.2 Å². The Morgan fingerprint density at radius 2 is 2.15 bits per heavy atom. The molecule has 0 saturated carbocycles. The molecule has 134 valence electrons. The molecule has 1 N–H and O–H groups in total. The topological polar surface area (TPSA) is 103 Å². The van der Waals surface area contributed by atoms with E-state index < -0.39 is 17.6 Å². The number of thiophene rings is 1. The molecular weight excluding hydrogens is 358 g/mol. The molecule has 0 bridgehead atoms. The van der Waals surface area contributed by atoms with Crippen LogP contribution in [-0.4, -0.2) is 28.8 Å². The third-order valence-electron chi connectivity index (χ3n) is 3.56. The number of hydrogen-bond acceptors (Lipinski definition) is 7. The van der Waals surface area contributed by atoms with Crippen molar-refractivity contribution in [1.82, 2.24) is 9.78 Å². The number of ether oxygens (including phenoxy) is 1. The average Bonchev–Trinajstić information content (AvgIpc) is 3.26. The maximum absolute atomic E-state index is 12.3. The number of anilines is 1. The number of benzene rings is 1. The summed E-state index contributed by atoms with van der Waals surface area (Å²) in [6, 6.07) is 8.39. The van der Waals surface area contributed by atoms with Crippen molar-refractivity contribution in [3.8, 4) is 10.8 Å². The molecule has 26 heavy (non-hydrogen) atoms. The van der Waals surface area contributed by atoms with Crippen LogP contribution < -0.4 is 11.1 Å². The second-order valence-corrected chi connectivity index (χ2v) is 6.33. The fourth-order valence-corrected chi connectivity index (χ4v) is 2.88. The molecule has 0 fully saturated rings. The Morgan fingerprint density at radius 1 is 1.35 bits per heavy atom. The molecule has 2 heterocycles. The van der Waals surface area contributed by atoms with E-state index in [9.17, 15) is 14.4 Å². The Kier molecular flexibility index (Phi) is 4.99. The standard InChI is InChI=1S/C17H15N3O5S/c1-10-5-6-11(16(22)24-2)8-12(10)18-14(21)9-20-17(23)25-15(19-20)13-4-3-7-26-13/h3-8H,9H2,1-2H3,(H,18,21). The quantitative estimate of drug-likeness (QED) is 0.688. The first-order valence-corrected chi connectivity index (χ1v) is 8.46. The molecule has 0 atom stereocenters. The maximum Gasteiger partial charge on any atom is 0.437 e. The van der Waals surface area contributed by atoms with Crippen LogP contribution in [0.3, 0.4) is 0 Å². The molecule has 1 amide bonds. The van der Waals surface area contributed by atoms with Gasteiger partial charge in [-0.1, -0.05) is 12.1 Å². The Hall–Kier alpha value is -3.20. The summed E-state index contributed by atoms with van der Waals surface area (Å²) in [6.45, 7) is 1.48. The number of carbonyl (C=O) groups excluding carboxylic acids is 2. The van der Waals surface area contributed by atoms with Crippen LogP contribution in [-0.2, 0) is 16.1 Å². The van der Waals surface area contributed by atoms with Gasteiger partial charge < -0.3 is 14.5 Å². The van der Waals surface area contributed by atoms with Gasteiger partial charge in [0.05, 0.1) is 17.6 Å². The summed E-state index contributed by atoms with van der Waals surface area (Å²) in [5, 5.41) is 8.52. The highest BCUT2D eigenvalue weighted by molar-refractivity contribution is 7.13. The van der Waals surface area contributed by atoms with Crippen LogP contribution >= 0.6 is 11.3 Å². The monoisotopic (exact) mass is 373 g/mol. The molecule has 2 aromatic heterocycles. The van der Waals surface area contributed by atoms with Gasteiger partial charge in [-0.15, -0.1) is 16.4 Å². The van der Waals surface area contributed by atoms with E-state index in [4.69, 9.17) is 4.42 Å². The van der Waals surface area contributed by atoms with Gasteiger partial charge in [0.25, 0.3) is 5.89 Å². The number of aromatic nitrogens is 2. The van der Waals surface area contributed by atoms with E-state index in [1.165, 1.54) is 24.5 Å². The molecule has 0 unspecified atom stereocenters. The predicted octanol–water partition coefficient (Wildman–Crippen LogP) is 2.30. The summed E-state index contributed by atoms with van der Waals surface area (Å²) in [6.07, 6.45) is 0. The Bertz CT molecular complexity index is 1000. The highest BCUT2D eigenvalue weighted by Crippen LogP contribution is 2.21. The van der Waals surface area contributed by atoms with Gasteiger partial charge in [-0.05, 0) is 36.1 Å². The Labute approximate surface area is 152 Å². The van der Waals surface area contributed by atoms with E-state index in [1.54, 1.807) is 25.1 Å². The normalized spacial score (nSPS) is 10.5. The molecule has 1 aromatic carbocycles. The van der Waals surface area contributed by atoms with Crippen molar-refractivity contribution in [2.24, 2.45) is 0 Å². The molecule has 0 aliphatic carbocycles. The SMILES string of the molecule is COC(=O)c1ccc(C)c(NC(=O)Cn2nc(-c3cccs3)oc2=O)c1. The minimum atomic E-state index is -0.719. The summed E-state index contributed by atoms with van der Waals surface area (Å²) < 4.78 is 10.7. The zero-order chi connectivity index (χ0) is 18.7. The average molecular weight is 373 g/mol. The second kappa shape index (κ2) is 7.36. The zero-order valence-electron chi connectivity index (χ0n) is 14.0. The van der Waals surface area contributed by atoms with E-state index in [1.807, 2.05) is 11.4 Å². The van der Waals surface area contributed by atoms with Crippen molar-refractivity contribution in [2.75, 3.05) is 12.4 Å². The molecule has 0 aliphatic heterocycles. The van der Waals surface area contributed by atoms with Gasteiger partial charge in [0.2, 0.25) is 5.91 Å². The van der Waals surface area contributed by atoms with E-state index in [2.05, 4.69) is 15.2 Å². The summed E-state index contributed by atoms with van der Waals surface area (Å²) in [7, 11) is 1.28. The van der Waals surface area contributed by atoms with E-state index in [0.29, 0.717) is 16.1 Å². The van der Waals surface area contributed by atoms with E-state index >= 15 is 0 Å². The lowest BCUT2D eigenvalue weighted by atomic mass is 10.1. The lowest BCUT2D eigenvalue weighted by Gasteiger charge is -2.09. The molecule has 9 heteroatoms. The van der Waals surface area contributed by atoms with Crippen LogP contribution in [0.2, 0.25) is 0 Å². The minimum Gasteiger partial charge on any atom is -0.465 e. The third-order valence-corrected chi connectivity index (χ3v) is 4.42. The number of amides is 1. The van der Waals surface area contributed by atoms with Crippen LogP contribution in [0, 0.1) is 6.92 Å². The molecule has 0 aliphatic rings. The number of aryl methyl sites for hydroxylation is 1.